The first-order valence-electron chi connectivity index (χ1n) is 13.7. The Labute approximate surface area is 232 Å². The van der Waals surface area contributed by atoms with E-state index in [1.165, 1.54) is 11.8 Å². The zero-order valence-corrected chi connectivity index (χ0v) is 23.0. The molecule has 40 heavy (non-hydrogen) atoms. The Morgan fingerprint density at radius 2 is 1.77 bits per heavy atom. The summed E-state index contributed by atoms with van der Waals surface area (Å²) in [5.41, 5.74) is 3.85. The van der Waals surface area contributed by atoms with Crippen LogP contribution >= 0.6 is 0 Å². The van der Waals surface area contributed by atoms with Gasteiger partial charge in [0.2, 0.25) is 0 Å². The van der Waals surface area contributed by atoms with Crippen molar-refractivity contribution in [1.82, 2.24) is 15.2 Å². The molecule has 1 fully saturated rings. The second-order valence-corrected chi connectivity index (χ2v) is 11.9. The summed E-state index contributed by atoms with van der Waals surface area (Å²) in [5.74, 6) is 0.532. The van der Waals surface area contributed by atoms with Crippen molar-refractivity contribution in [3.63, 3.8) is 0 Å². The molecule has 1 unspecified atom stereocenters. The first-order valence-corrected chi connectivity index (χ1v) is 13.7. The molecular formula is C32H34F3N3O2. The molecule has 2 atom stereocenters. The molecule has 0 spiro atoms. The number of nitrogens with zero attached hydrogens (tertiary/aromatic N) is 2. The number of hydrogen-bond acceptors (Lipinski definition) is 3. The first-order chi connectivity index (χ1) is 18.9. The van der Waals surface area contributed by atoms with Crippen LogP contribution in [0.15, 0.2) is 60.9 Å². The van der Waals surface area contributed by atoms with Gasteiger partial charge in [0.05, 0.1) is 5.56 Å². The minimum atomic E-state index is -4.49. The van der Waals surface area contributed by atoms with Crippen LogP contribution in [0, 0.1) is 5.92 Å². The molecule has 210 valence electrons. The number of fused-ring (bicyclic) bond motifs is 1. The van der Waals surface area contributed by atoms with E-state index in [1.54, 1.807) is 4.90 Å². The summed E-state index contributed by atoms with van der Waals surface area (Å²) < 4.78 is 40.3. The summed E-state index contributed by atoms with van der Waals surface area (Å²) >= 11 is 0. The fourth-order valence-corrected chi connectivity index (χ4v) is 5.62. The van der Waals surface area contributed by atoms with E-state index in [-0.39, 0.29) is 23.7 Å². The topological polar surface area (TPSA) is 62.3 Å². The fraction of sp³-hybridized carbons (Fsp3) is 0.406. The Kier molecular flexibility index (Phi) is 7.46. The average Bonchev–Trinajstić information content (AvgIpc) is 3.72. The number of ketones is 1. The minimum Gasteiger partial charge on any atom is -0.333 e. The summed E-state index contributed by atoms with van der Waals surface area (Å²) in [5, 5.41) is 3.00. The Balaban J connectivity index is 1.41. The monoisotopic (exact) mass is 549 g/mol. The third-order valence-corrected chi connectivity index (χ3v) is 7.73. The van der Waals surface area contributed by atoms with Crippen molar-refractivity contribution in [3.8, 4) is 11.1 Å². The van der Waals surface area contributed by atoms with E-state index in [0.29, 0.717) is 43.5 Å². The van der Waals surface area contributed by atoms with Crippen LogP contribution in [0.1, 0.15) is 67.3 Å². The molecule has 1 saturated carbocycles. The molecule has 2 aliphatic rings. The number of benzene rings is 2. The van der Waals surface area contributed by atoms with Crippen LogP contribution < -0.4 is 5.32 Å². The van der Waals surface area contributed by atoms with E-state index in [9.17, 15) is 22.8 Å². The summed E-state index contributed by atoms with van der Waals surface area (Å²) in [4.78, 5) is 31.7. The number of carbonyl (C=O) groups is 2. The molecule has 5 nitrogen and oxygen atoms in total. The van der Waals surface area contributed by atoms with Gasteiger partial charge in [-0.05, 0) is 79.8 Å². The zero-order valence-electron chi connectivity index (χ0n) is 23.0. The molecule has 1 aromatic heterocycles. The maximum Gasteiger partial charge on any atom is 0.417 e. The minimum absolute atomic E-state index is 0.0303. The smallest absolute Gasteiger partial charge is 0.333 e. The van der Waals surface area contributed by atoms with Crippen LogP contribution in [0.4, 0.5) is 18.0 Å². The lowest BCUT2D eigenvalue weighted by atomic mass is 9.86. The SMILES string of the molecule is CC(C)(C)NC(=O)N1CCc2c(-c3cncc(C(F)(F)F)c3)ccc(CCC(=O)C3C[C@H]3c3ccccc3)c2C1. The van der Waals surface area contributed by atoms with Crippen molar-refractivity contribution in [2.75, 3.05) is 6.54 Å². The molecule has 1 aliphatic carbocycles. The number of Topliss-reactive ketones (excluding diaryl/α,β-unsaturated/α-hetero) is 1. The van der Waals surface area contributed by atoms with Gasteiger partial charge in [-0.1, -0.05) is 42.5 Å². The largest absolute Gasteiger partial charge is 0.417 e. The number of amides is 2. The molecular weight excluding hydrogens is 515 g/mol. The van der Waals surface area contributed by atoms with Crippen LogP contribution in [0.2, 0.25) is 0 Å². The lowest BCUT2D eigenvalue weighted by molar-refractivity contribution is -0.137. The van der Waals surface area contributed by atoms with E-state index in [4.69, 9.17) is 0 Å². The van der Waals surface area contributed by atoms with Gasteiger partial charge in [0.25, 0.3) is 0 Å². The number of pyridine rings is 1. The van der Waals surface area contributed by atoms with Crippen molar-refractivity contribution >= 4 is 11.8 Å². The number of carbonyl (C=O) groups excluding carboxylic acids is 2. The summed E-state index contributed by atoms with van der Waals surface area (Å²) in [7, 11) is 0. The highest BCUT2D eigenvalue weighted by Crippen LogP contribution is 2.48. The molecule has 0 radical (unpaired) electrons. The van der Waals surface area contributed by atoms with Gasteiger partial charge in [0.1, 0.15) is 5.78 Å². The first kappa shape index (κ1) is 27.9. The maximum absolute atomic E-state index is 13.4. The van der Waals surface area contributed by atoms with Crippen molar-refractivity contribution in [2.24, 2.45) is 5.92 Å². The quantitative estimate of drug-likeness (QED) is 0.362. The van der Waals surface area contributed by atoms with Crippen LogP contribution in [0.5, 0.6) is 0 Å². The number of hydrogen-bond donors (Lipinski definition) is 1. The lowest BCUT2D eigenvalue weighted by Crippen LogP contribution is -2.50. The molecule has 2 heterocycles. The Bertz CT molecular complexity index is 1410. The second-order valence-electron chi connectivity index (χ2n) is 11.9. The highest BCUT2D eigenvalue weighted by molar-refractivity contribution is 5.85. The molecule has 5 rings (SSSR count). The number of urea groups is 1. The number of nitrogens with one attached hydrogen (secondary N) is 1. The molecule has 8 heteroatoms. The second kappa shape index (κ2) is 10.7. The van der Waals surface area contributed by atoms with Crippen LogP contribution in [0.3, 0.4) is 0 Å². The van der Waals surface area contributed by atoms with Gasteiger partial charge in [-0.15, -0.1) is 0 Å². The van der Waals surface area contributed by atoms with Crippen molar-refractivity contribution < 1.29 is 22.8 Å². The number of rotatable bonds is 6. The average molecular weight is 550 g/mol. The number of alkyl halides is 3. The van der Waals surface area contributed by atoms with E-state index >= 15 is 0 Å². The van der Waals surface area contributed by atoms with Crippen LogP contribution in [-0.2, 0) is 30.4 Å². The molecule has 1 N–H and O–H groups in total. The third-order valence-electron chi connectivity index (χ3n) is 7.73. The Morgan fingerprint density at radius 1 is 1.02 bits per heavy atom. The van der Waals surface area contributed by atoms with Gasteiger partial charge in [-0.3, -0.25) is 9.78 Å². The van der Waals surface area contributed by atoms with E-state index < -0.39 is 17.3 Å². The van der Waals surface area contributed by atoms with E-state index in [1.807, 2.05) is 51.1 Å². The molecule has 2 aromatic carbocycles. The number of halogens is 3. The summed E-state index contributed by atoms with van der Waals surface area (Å²) in [6, 6.07) is 14.8. The predicted molar refractivity (Wildman–Crippen MR) is 148 cm³/mol. The van der Waals surface area contributed by atoms with E-state index in [0.717, 1.165) is 35.4 Å². The zero-order chi connectivity index (χ0) is 28.7. The Hall–Kier alpha value is -3.68. The van der Waals surface area contributed by atoms with Gasteiger partial charge < -0.3 is 10.2 Å². The fourth-order valence-electron chi connectivity index (χ4n) is 5.62. The van der Waals surface area contributed by atoms with Gasteiger partial charge >= 0.3 is 12.2 Å². The van der Waals surface area contributed by atoms with Gasteiger partial charge in [0, 0.05) is 48.9 Å². The molecule has 0 saturated heterocycles. The summed E-state index contributed by atoms with van der Waals surface area (Å²) in [6.45, 7) is 6.52. The van der Waals surface area contributed by atoms with Crippen LogP contribution in [-0.4, -0.2) is 33.8 Å². The Morgan fingerprint density at radius 3 is 2.48 bits per heavy atom. The third kappa shape index (κ3) is 6.21. The van der Waals surface area contributed by atoms with Crippen molar-refractivity contribution in [2.45, 2.75) is 70.6 Å². The highest BCUT2D eigenvalue weighted by atomic mass is 19.4. The van der Waals surface area contributed by atoms with Crippen molar-refractivity contribution in [3.05, 3.63) is 88.7 Å². The highest BCUT2D eigenvalue weighted by Gasteiger charge is 2.43. The standard InChI is InChI=1S/C32H34F3N3O2/c1-31(2,3)37-30(40)38-14-13-25-24(22-15-23(18-36-17-22)32(33,34)35)11-9-21(28(25)19-38)10-12-29(39)27-16-26(27)20-7-5-4-6-8-20/h4-9,11,15,17-18,26-27H,10,12-14,16,19H2,1-3H3,(H,37,40)/t26-,27?/m0/s1. The summed E-state index contributed by atoms with van der Waals surface area (Å²) in [6.07, 6.45) is 0.0561. The van der Waals surface area contributed by atoms with Crippen LogP contribution in [0.25, 0.3) is 11.1 Å². The molecule has 2 amide bonds. The van der Waals surface area contributed by atoms with Gasteiger partial charge in [-0.25, -0.2) is 4.79 Å². The predicted octanol–water partition coefficient (Wildman–Crippen LogP) is 6.94. The maximum atomic E-state index is 13.4. The van der Waals surface area contributed by atoms with E-state index in [2.05, 4.69) is 22.4 Å². The normalized spacial score (nSPS) is 18.7. The molecule has 1 aliphatic heterocycles. The van der Waals surface area contributed by atoms with Gasteiger partial charge in [0.15, 0.2) is 0 Å². The number of aryl methyl sites for hydroxylation is 1. The number of aromatic nitrogens is 1. The molecule has 0 bridgehead atoms. The van der Waals surface area contributed by atoms with Gasteiger partial charge in [-0.2, -0.15) is 13.2 Å². The van der Waals surface area contributed by atoms with Crippen molar-refractivity contribution in [1.29, 1.82) is 0 Å². The molecule has 3 aromatic rings. The lowest BCUT2D eigenvalue weighted by Gasteiger charge is -2.34.